The average molecular weight is 429 g/mol. The molecule has 0 saturated heterocycles. The molecule has 1 aromatic carbocycles. The summed E-state index contributed by atoms with van der Waals surface area (Å²) in [5, 5.41) is 5.23. The van der Waals surface area contributed by atoms with Crippen molar-refractivity contribution < 1.29 is 0 Å². The van der Waals surface area contributed by atoms with Gasteiger partial charge in [0.2, 0.25) is 5.95 Å². The summed E-state index contributed by atoms with van der Waals surface area (Å²) in [4.78, 5) is 29.9. The van der Waals surface area contributed by atoms with Crippen LogP contribution in [-0.4, -0.2) is 24.4 Å². The van der Waals surface area contributed by atoms with Crippen molar-refractivity contribution in [1.29, 1.82) is 0 Å². The fourth-order valence-electron chi connectivity index (χ4n) is 3.95. The van der Waals surface area contributed by atoms with Crippen molar-refractivity contribution in [2.24, 2.45) is 25.1 Å². The Balaban J connectivity index is 1.83. The largest absolute Gasteiger partial charge is 0.332 e. The molecule has 0 radical (unpaired) electrons. The molecule has 1 fully saturated rings. The number of rotatable bonds is 4. The van der Waals surface area contributed by atoms with Crippen molar-refractivity contribution >= 4 is 34.4 Å². The van der Waals surface area contributed by atoms with Gasteiger partial charge in [0.05, 0.1) is 6.54 Å². The van der Waals surface area contributed by atoms with Crippen molar-refractivity contribution in [2.75, 3.05) is 5.43 Å². The van der Waals surface area contributed by atoms with E-state index < -0.39 is 5.69 Å². The van der Waals surface area contributed by atoms with Gasteiger partial charge in [-0.15, -0.1) is 0 Å². The minimum atomic E-state index is -0.414. The van der Waals surface area contributed by atoms with Gasteiger partial charge < -0.3 is 0 Å². The molecule has 0 spiro atoms. The molecule has 1 saturated carbocycles. The molecule has 1 aliphatic rings. The zero-order chi connectivity index (χ0) is 21.4. The quantitative estimate of drug-likeness (QED) is 0.647. The molecule has 30 heavy (non-hydrogen) atoms. The maximum absolute atomic E-state index is 12.9. The van der Waals surface area contributed by atoms with Gasteiger partial charge in [-0.05, 0) is 49.3 Å². The van der Waals surface area contributed by atoms with Gasteiger partial charge >= 0.3 is 5.69 Å². The van der Waals surface area contributed by atoms with Crippen molar-refractivity contribution in [1.82, 2.24) is 18.7 Å². The summed E-state index contributed by atoms with van der Waals surface area (Å²) in [5.74, 6) is 1.05. The molecule has 8 nitrogen and oxygen atoms in total. The molecule has 1 N–H and O–H groups in total. The number of nitrogens with zero attached hydrogens (tertiary/aromatic N) is 5. The zero-order valence-electron chi connectivity index (χ0n) is 17.4. The van der Waals surface area contributed by atoms with Crippen molar-refractivity contribution in [3.05, 3.63) is 55.7 Å². The molecule has 3 aromatic rings. The van der Waals surface area contributed by atoms with E-state index in [1.165, 1.54) is 18.0 Å². The normalized spacial score (nSPS) is 18.3. The smallest absolute Gasteiger partial charge is 0.298 e. The molecule has 2 heterocycles. The summed E-state index contributed by atoms with van der Waals surface area (Å²) in [5.41, 5.74) is 5.01. The number of halogens is 1. The Bertz CT molecular complexity index is 1240. The molecular weight excluding hydrogens is 404 g/mol. The lowest BCUT2D eigenvalue weighted by Crippen LogP contribution is -2.37. The van der Waals surface area contributed by atoms with E-state index in [2.05, 4.69) is 22.4 Å². The summed E-state index contributed by atoms with van der Waals surface area (Å²) in [6.07, 6.45) is 4.24. The number of aromatic nitrogens is 4. The lowest BCUT2D eigenvalue weighted by atomic mass is 9.89. The van der Waals surface area contributed by atoms with Gasteiger partial charge in [-0.25, -0.2) is 10.2 Å². The molecule has 158 valence electrons. The Kier molecular flexibility index (Phi) is 5.51. The van der Waals surface area contributed by atoms with Crippen LogP contribution < -0.4 is 16.7 Å². The summed E-state index contributed by atoms with van der Waals surface area (Å²) in [7, 11) is 3.09. The molecule has 0 amide bonds. The fraction of sp³-hybridized carbons (Fsp3) is 0.429. The highest BCUT2D eigenvalue weighted by Gasteiger charge is 2.20. The van der Waals surface area contributed by atoms with E-state index in [1.807, 2.05) is 12.1 Å². The first-order valence-electron chi connectivity index (χ1n) is 10.1. The van der Waals surface area contributed by atoms with Crippen molar-refractivity contribution in [3.63, 3.8) is 0 Å². The molecule has 4 rings (SSSR count). The predicted molar refractivity (Wildman–Crippen MR) is 119 cm³/mol. The number of hydrazone groups is 1. The van der Waals surface area contributed by atoms with Crippen LogP contribution in [0.4, 0.5) is 5.95 Å². The van der Waals surface area contributed by atoms with Crippen LogP contribution in [0.1, 0.15) is 38.2 Å². The standard InChI is InChI=1S/C21H25ClN6O2/c1-13-5-4-6-16(11-13)24-25-20-23-18-17(19(29)27(3)21(30)26(18)2)28(20)12-14-7-9-15(22)10-8-14/h7-10,13H,4-6,11-12H2,1-3H3,(H,23,25)/b24-16-/t13-/m1/s1. The first-order chi connectivity index (χ1) is 14.3. The van der Waals surface area contributed by atoms with Crippen LogP contribution >= 0.6 is 11.6 Å². The highest BCUT2D eigenvalue weighted by Crippen LogP contribution is 2.23. The number of hydrogen-bond acceptors (Lipinski definition) is 5. The fourth-order valence-corrected chi connectivity index (χ4v) is 4.08. The lowest BCUT2D eigenvalue weighted by Gasteiger charge is -2.19. The van der Waals surface area contributed by atoms with E-state index in [0.29, 0.717) is 34.6 Å². The summed E-state index contributed by atoms with van der Waals surface area (Å²) in [6.45, 7) is 2.62. The molecule has 0 unspecified atom stereocenters. The number of hydrogen-bond donors (Lipinski definition) is 1. The molecule has 0 aliphatic heterocycles. The van der Waals surface area contributed by atoms with Gasteiger partial charge in [0.1, 0.15) is 0 Å². The van der Waals surface area contributed by atoms with Gasteiger partial charge in [-0.3, -0.25) is 18.5 Å². The van der Waals surface area contributed by atoms with E-state index in [0.717, 1.165) is 35.1 Å². The molecule has 1 atom stereocenters. The van der Waals surface area contributed by atoms with Gasteiger partial charge in [0.25, 0.3) is 5.56 Å². The number of aryl methyl sites for hydroxylation is 1. The van der Waals surface area contributed by atoms with Crippen LogP contribution in [0, 0.1) is 5.92 Å². The number of fused-ring (bicyclic) bond motifs is 1. The second kappa shape index (κ2) is 8.10. The Morgan fingerprint density at radius 1 is 1.20 bits per heavy atom. The van der Waals surface area contributed by atoms with Crippen LogP contribution in [0.15, 0.2) is 39.0 Å². The Hall–Kier alpha value is -2.87. The van der Waals surface area contributed by atoms with Gasteiger partial charge in [0, 0.05) is 24.8 Å². The summed E-state index contributed by atoms with van der Waals surface area (Å²) < 4.78 is 4.26. The number of imidazole rings is 1. The Morgan fingerprint density at radius 2 is 1.93 bits per heavy atom. The van der Waals surface area contributed by atoms with Gasteiger partial charge in [0.15, 0.2) is 11.2 Å². The lowest BCUT2D eigenvalue weighted by molar-refractivity contribution is 0.500. The predicted octanol–water partition coefficient (Wildman–Crippen LogP) is 3.11. The first-order valence-corrected chi connectivity index (χ1v) is 10.4. The van der Waals surface area contributed by atoms with Gasteiger partial charge in [-0.2, -0.15) is 10.1 Å². The van der Waals surface area contributed by atoms with Crippen LogP contribution in [-0.2, 0) is 20.6 Å². The van der Waals surface area contributed by atoms with E-state index in [-0.39, 0.29) is 5.56 Å². The number of anilines is 1. The third-order valence-corrected chi connectivity index (χ3v) is 5.91. The molecule has 0 bridgehead atoms. The minimum Gasteiger partial charge on any atom is -0.298 e. The van der Waals surface area contributed by atoms with E-state index in [9.17, 15) is 9.59 Å². The van der Waals surface area contributed by atoms with Crippen LogP contribution in [0.25, 0.3) is 11.2 Å². The monoisotopic (exact) mass is 428 g/mol. The highest BCUT2D eigenvalue weighted by atomic mass is 35.5. The first kappa shape index (κ1) is 20.4. The highest BCUT2D eigenvalue weighted by molar-refractivity contribution is 6.30. The number of benzene rings is 1. The second-order valence-corrected chi connectivity index (χ2v) is 8.45. The molecule has 2 aromatic heterocycles. The summed E-state index contributed by atoms with van der Waals surface area (Å²) >= 11 is 6.01. The second-order valence-electron chi connectivity index (χ2n) is 8.02. The Morgan fingerprint density at radius 3 is 2.63 bits per heavy atom. The SMILES string of the molecule is C[C@@H]1CCC/C(=N/Nc2nc3c(c(=O)n(C)c(=O)n3C)n2Cc2ccc(Cl)cc2)C1. The van der Waals surface area contributed by atoms with Gasteiger partial charge in [-0.1, -0.05) is 30.7 Å². The van der Waals surface area contributed by atoms with Crippen LogP contribution in [0.5, 0.6) is 0 Å². The summed E-state index contributed by atoms with van der Waals surface area (Å²) in [6, 6.07) is 7.42. The topological polar surface area (TPSA) is 86.2 Å². The van der Waals surface area contributed by atoms with Crippen LogP contribution in [0.2, 0.25) is 5.02 Å². The molecular formula is C21H25ClN6O2. The third kappa shape index (κ3) is 3.79. The third-order valence-electron chi connectivity index (χ3n) is 5.66. The minimum absolute atomic E-state index is 0.330. The number of nitrogens with one attached hydrogen (secondary N) is 1. The van der Waals surface area contributed by atoms with E-state index in [4.69, 9.17) is 11.6 Å². The van der Waals surface area contributed by atoms with Crippen LogP contribution in [0.3, 0.4) is 0 Å². The van der Waals surface area contributed by atoms with E-state index in [1.54, 1.807) is 23.7 Å². The Labute approximate surface area is 178 Å². The maximum atomic E-state index is 12.9. The van der Waals surface area contributed by atoms with E-state index >= 15 is 0 Å². The van der Waals surface area contributed by atoms with Crippen molar-refractivity contribution in [2.45, 2.75) is 39.2 Å². The molecule has 9 heteroatoms. The maximum Gasteiger partial charge on any atom is 0.332 e. The zero-order valence-corrected chi connectivity index (χ0v) is 18.1. The van der Waals surface area contributed by atoms with Crippen molar-refractivity contribution in [3.8, 4) is 0 Å². The molecule has 1 aliphatic carbocycles. The average Bonchev–Trinajstić information content (AvgIpc) is 3.09.